The Kier molecular flexibility index (Phi) is 3.54. The van der Waals surface area contributed by atoms with Crippen LogP contribution in [0.5, 0.6) is 5.75 Å². The molecule has 1 saturated heterocycles. The number of likely N-dealkylation sites (tertiary alicyclic amines) is 1. The van der Waals surface area contributed by atoms with Gasteiger partial charge in [0.15, 0.2) is 0 Å². The second-order valence-electron chi connectivity index (χ2n) is 8.34. The number of fused-ring (bicyclic) bond motifs is 1. The summed E-state index contributed by atoms with van der Waals surface area (Å²) in [5.41, 5.74) is 2.07. The lowest BCUT2D eigenvalue weighted by Crippen LogP contribution is -2.62. The van der Waals surface area contributed by atoms with E-state index in [1.54, 1.807) is 0 Å². The predicted molar refractivity (Wildman–Crippen MR) is 107 cm³/mol. The normalized spacial score (nSPS) is 29.7. The maximum atomic E-state index is 13.1. The summed E-state index contributed by atoms with van der Waals surface area (Å²) >= 11 is 0. The van der Waals surface area contributed by atoms with Gasteiger partial charge in [0.25, 0.3) is 0 Å². The van der Waals surface area contributed by atoms with Crippen LogP contribution in [0.25, 0.3) is 0 Å². The van der Waals surface area contributed by atoms with Gasteiger partial charge >= 0.3 is 6.09 Å². The van der Waals surface area contributed by atoms with Crippen LogP contribution in [0.1, 0.15) is 52.9 Å². The second kappa shape index (κ2) is 6.84. The predicted octanol–water partition coefficient (Wildman–Crippen LogP) is 4.79. The van der Waals surface area contributed by atoms with E-state index in [9.17, 15) is 9.90 Å². The molecule has 2 bridgehead atoms. The van der Waals surface area contributed by atoms with Crippen molar-refractivity contribution in [2.45, 2.75) is 56.6 Å². The quantitative estimate of drug-likeness (QED) is 0.815. The highest BCUT2D eigenvalue weighted by Crippen LogP contribution is 2.56. The molecule has 1 aliphatic heterocycles. The molecule has 2 fully saturated rings. The van der Waals surface area contributed by atoms with Crippen LogP contribution >= 0.6 is 0 Å². The number of aromatic hydroxyl groups is 1. The minimum atomic E-state index is -0.384. The molecular weight excluding hydrogens is 350 g/mol. The Morgan fingerprint density at radius 2 is 2.11 bits per heavy atom. The van der Waals surface area contributed by atoms with Crippen LogP contribution in [0.4, 0.5) is 4.79 Å². The number of phenolic OH excluding ortho intramolecular Hbond substituents is 1. The molecule has 1 saturated carbocycles. The largest absolute Gasteiger partial charge is 0.508 e. The fourth-order valence-electron chi connectivity index (χ4n) is 5.77. The van der Waals surface area contributed by atoms with Crippen molar-refractivity contribution >= 4 is 6.09 Å². The minimum Gasteiger partial charge on any atom is -0.508 e. The Hall–Kier alpha value is -2.49. The Balaban J connectivity index is 1.50. The van der Waals surface area contributed by atoms with Crippen molar-refractivity contribution < 1.29 is 18.8 Å². The lowest BCUT2D eigenvalue weighted by molar-refractivity contribution is -0.0137. The van der Waals surface area contributed by atoms with E-state index >= 15 is 0 Å². The van der Waals surface area contributed by atoms with Crippen molar-refractivity contribution in [3.05, 3.63) is 65.1 Å². The molecule has 1 amide bonds. The van der Waals surface area contributed by atoms with Gasteiger partial charge in [0.1, 0.15) is 12.4 Å². The molecule has 4 nitrogen and oxygen atoms in total. The number of benzene rings is 2. The molecule has 0 spiro atoms. The summed E-state index contributed by atoms with van der Waals surface area (Å²) in [5, 5.41) is 10.4. The van der Waals surface area contributed by atoms with Crippen LogP contribution in [0.2, 0.25) is 0 Å². The van der Waals surface area contributed by atoms with Gasteiger partial charge in [-0.05, 0) is 60.4 Å². The van der Waals surface area contributed by atoms with Crippen molar-refractivity contribution in [2.24, 2.45) is 5.92 Å². The highest BCUT2D eigenvalue weighted by atomic mass is 16.6. The van der Waals surface area contributed by atoms with Crippen LogP contribution in [0.15, 0.2) is 48.5 Å². The van der Waals surface area contributed by atoms with E-state index in [1.807, 2.05) is 35.2 Å². The summed E-state index contributed by atoms with van der Waals surface area (Å²) < 4.78 is 30.8. The smallest absolute Gasteiger partial charge is 0.410 e. The maximum absolute atomic E-state index is 13.1. The number of hydrogen-bond acceptors (Lipinski definition) is 3. The van der Waals surface area contributed by atoms with Crippen molar-refractivity contribution in [3.63, 3.8) is 0 Å². The number of amides is 1. The molecule has 5 rings (SSSR count). The first-order valence-electron chi connectivity index (χ1n) is 11.7. The number of carbonyl (C=O) groups is 1. The molecule has 1 N–H and O–H groups in total. The third kappa shape index (κ3) is 2.78. The molecule has 3 unspecified atom stereocenters. The molecule has 28 heavy (non-hydrogen) atoms. The Bertz CT molecular complexity index is 1030. The summed E-state index contributed by atoms with van der Waals surface area (Å²) in [4.78, 5) is 14.9. The van der Waals surface area contributed by atoms with Gasteiger partial charge in [0.05, 0.1) is 4.11 Å². The van der Waals surface area contributed by atoms with E-state index in [0.717, 1.165) is 36.8 Å². The zero-order chi connectivity index (χ0) is 21.8. The summed E-state index contributed by atoms with van der Waals surface area (Å²) in [6, 6.07) is 9.24. The first kappa shape index (κ1) is 14.5. The monoisotopic (exact) mass is 380 g/mol. The molecule has 2 aliphatic carbocycles. The van der Waals surface area contributed by atoms with Crippen LogP contribution in [-0.4, -0.2) is 28.7 Å². The Morgan fingerprint density at radius 3 is 2.96 bits per heavy atom. The molecule has 3 atom stereocenters. The van der Waals surface area contributed by atoms with Crippen LogP contribution in [0, 0.1) is 5.92 Å². The van der Waals surface area contributed by atoms with Crippen molar-refractivity contribution in [2.75, 3.05) is 6.54 Å². The number of ether oxygens (including phenoxy) is 1. The van der Waals surface area contributed by atoms with E-state index in [2.05, 4.69) is 0 Å². The van der Waals surface area contributed by atoms with Gasteiger partial charge in [-0.1, -0.05) is 49.2 Å². The van der Waals surface area contributed by atoms with Gasteiger partial charge < -0.3 is 14.7 Å². The second-order valence-corrected chi connectivity index (χ2v) is 8.34. The number of hydrogen-bond donors (Lipinski definition) is 1. The molecule has 1 heterocycles. The zero-order valence-electron chi connectivity index (χ0n) is 18.9. The summed E-state index contributed by atoms with van der Waals surface area (Å²) in [7, 11) is 0. The summed E-state index contributed by atoms with van der Waals surface area (Å²) in [5.74, 6) is -0.197. The highest BCUT2D eigenvalue weighted by molar-refractivity contribution is 5.69. The SMILES string of the molecule is [2H]c1c([2H])c2c(c([2H])c1O)C13CCCCC1C(C2)N(C(=O)OCc1ccccc1)CC3. The Morgan fingerprint density at radius 1 is 1.25 bits per heavy atom. The van der Waals surface area contributed by atoms with E-state index < -0.39 is 0 Å². The fourth-order valence-corrected chi connectivity index (χ4v) is 5.77. The highest BCUT2D eigenvalue weighted by Gasteiger charge is 2.55. The average molecular weight is 381 g/mol. The lowest BCUT2D eigenvalue weighted by atomic mass is 9.52. The molecule has 0 radical (unpaired) electrons. The molecule has 2 aromatic carbocycles. The first-order valence-corrected chi connectivity index (χ1v) is 10.2. The van der Waals surface area contributed by atoms with E-state index in [-0.39, 0.29) is 54.0 Å². The van der Waals surface area contributed by atoms with Crippen LogP contribution in [0.3, 0.4) is 0 Å². The van der Waals surface area contributed by atoms with E-state index in [0.29, 0.717) is 24.9 Å². The zero-order valence-corrected chi connectivity index (χ0v) is 15.9. The molecule has 4 heteroatoms. The van der Waals surface area contributed by atoms with Gasteiger partial charge in [-0.25, -0.2) is 4.79 Å². The molecule has 0 aromatic heterocycles. The number of nitrogens with zero attached hydrogens (tertiary/aromatic N) is 1. The molecular formula is C24H27NO3. The fraction of sp³-hybridized carbons (Fsp3) is 0.458. The number of carbonyl (C=O) groups excluding carboxylic acids is 1. The van der Waals surface area contributed by atoms with Crippen molar-refractivity contribution in [1.29, 1.82) is 0 Å². The van der Waals surface area contributed by atoms with Crippen molar-refractivity contribution in [1.82, 2.24) is 4.90 Å². The average Bonchev–Trinajstić information content (AvgIpc) is 2.80. The minimum absolute atomic E-state index is 0.00333. The standard InChI is InChI=1S/C24H27NO3/c26-19-10-9-18-14-22-20-8-4-5-11-24(20,21(18)15-19)12-13-25(22)23(27)28-16-17-6-2-1-3-7-17/h1-3,6-7,9-10,15,20,22,26H,4-5,8,11-14,16H2/i9D,10D,15D. The van der Waals surface area contributed by atoms with Crippen LogP contribution in [-0.2, 0) is 23.2 Å². The Labute approximate surface area is 170 Å². The van der Waals surface area contributed by atoms with Gasteiger partial charge in [-0.2, -0.15) is 0 Å². The molecule has 3 aliphatic rings. The lowest BCUT2D eigenvalue weighted by Gasteiger charge is -2.58. The number of rotatable bonds is 2. The van der Waals surface area contributed by atoms with Gasteiger partial charge in [-0.3, -0.25) is 0 Å². The number of piperidine rings is 1. The van der Waals surface area contributed by atoms with Gasteiger partial charge in [-0.15, -0.1) is 0 Å². The number of phenols is 1. The van der Waals surface area contributed by atoms with E-state index in [4.69, 9.17) is 8.85 Å². The van der Waals surface area contributed by atoms with Crippen LogP contribution < -0.4 is 0 Å². The third-order valence-corrected chi connectivity index (χ3v) is 6.99. The summed E-state index contributed by atoms with van der Waals surface area (Å²) in [6.07, 6.45) is 4.78. The topological polar surface area (TPSA) is 49.8 Å². The van der Waals surface area contributed by atoms with E-state index in [1.165, 1.54) is 0 Å². The molecule has 2 aromatic rings. The third-order valence-electron chi connectivity index (χ3n) is 6.99. The van der Waals surface area contributed by atoms with Gasteiger partial charge in [0.2, 0.25) is 0 Å². The maximum Gasteiger partial charge on any atom is 0.410 e. The van der Waals surface area contributed by atoms with Gasteiger partial charge in [0, 0.05) is 18.0 Å². The first-order chi connectivity index (χ1) is 14.9. The summed E-state index contributed by atoms with van der Waals surface area (Å²) in [6.45, 7) is 0.769. The van der Waals surface area contributed by atoms with Crippen molar-refractivity contribution in [3.8, 4) is 5.75 Å². The molecule has 146 valence electrons.